The molecule has 0 unspecified atom stereocenters. The summed E-state index contributed by atoms with van der Waals surface area (Å²) in [7, 11) is -1.07. The van der Waals surface area contributed by atoms with Gasteiger partial charge in [-0.15, -0.1) is 0 Å². The number of hydrogen-bond donors (Lipinski definition) is 1. The van der Waals surface area contributed by atoms with Crippen LogP contribution >= 0.6 is 11.6 Å². The number of methoxy groups -OCH3 is 1. The van der Waals surface area contributed by atoms with Gasteiger partial charge in [0.15, 0.2) is 0 Å². The summed E-state index contributed by atoms with van der Waals surface area (Å²) in [5, 5.41) is 3.03. The Balaban J connectivity index is 2.04. The highest BCUT2D eigenvalue weighted by molar-refractivity contribution is 7.92. The molecule has 3 rings (SSSR count). The van der Waals surface area contributed by atoms with Gasteiger partial charge < -0.3 is 15.0 Å². The fourth-order valence-corrected chi connectivity index (χ4v) is 5.47. The molecule has 1 N–H and O–H groups in total. The third-order valence-electron chi connectivity index (χ3n) is 5.84. The second-order valence-electron chi connectivity index (χ2n) is 8.21. The summed E-state index contributed by atoms with van der Waals surface area (Å²) < 4.78 is 33.7. The number of rotatable bonds is 11. The van der Waals surface area contributed by atoms with Crippen LogP contribution in [-0.4, -0.2) is 51.9 Å². The molecule has 3 aromatic carbocycles. The summed E-state index contributed by atoms with van der Waals surface area (Å²) in [6.07, 6.45) is 0.335. The number of hydrogen-bond acceptors (Lipinski definition) is 5. The zero-order chi connectivity index (χ0) is 27.0. The van der Waals surface area contributed by atoms with Crippen molar-refractivity contribution in [2.24, 2.45) is 0 Å². The molecular weight excluding hydrogens is 514 g/mol. The first-order valence-electron chi connectivity index (χ1n) is 11.7. The number of nitrogens with zero attached hydrogens (tertiary/aromatic N) is 2. The number of nitrogens with one attached hydrogen (secondary N) is 1. The lowest BCUT2D eigenvalue weighted by Crippen LogP contribution is -2.51. The summed E-state index contributed by atoms with van der Waals surface area (Å²) in [6.45, 7) is 1.36. The van der Waals surface area contributed by atoms with Gasteiger partial charge in [0.1, 0.15) is 18.3 Å². The van der Waals surface area contributed by atoms with Crippen molar-refractivity contribution in [3.05, 3.63) is 89.4 Å². The fraction of sp³-hybridized carbons (Fsp3) is 0.259. The van der Waals surface area contributed by atoms with Gasteiger partial charge in [0.2, 0.25) is 11.8 Å². The molecule has 8 nitrogen and oxygen atoms in total. The van der Waals surface area contributed by atoms with Crippen LogP contribution in [0.1, 0.15) is 18.9 Å². The number of likely N-dealkylation sites (N-methyl/N-ethyl adjacent to an activating group) is 1. The Hall–Kier alpha value is -3.56. The molecule has 0 heterocycles. The zero-order valence-electron chi connectivity index (χ0n) is 20.9. The van der Waals surface area contributed by atoms with E-state index in [-0.39, 0.29) is 23.0 Å². The van der Waals surface area contributed by atoms with Gasteiger partial charge in [0.25, 0.3) is 10.0 Å². The Morgan fingerprint density at radius 1 is 1.00 bits per heavy atom. The molecule has 0 saturated carbocycles. The Bertz CT molecular complexity index is 1320. The molecule has 1 atom stereocenters. The van der Waals surface area contributed by atoms with E-state index in [1.165, 1.54) is 24.1 Å². The average molecular weight is 544 g/mol. The SMILES string of the molecule is CC[C@H](C(=O)NC)N(Cc1cccc(OC)c1)C(=O)CN(c1ccc(Cl)cc1)S(=O)(=O)c1ccccc1. The molecule has 0 spiro atoms. The highest BCUT2D eigenvalue weighted by Gasteiger charge is 2.33. The van der Waals surface area contributed by atoms with Crippen LogP contribution in [0.5, 0.6) is 5.75 Å². The molecule has 0 aliphatic rings. The second kappa shape index (κ2) is 12.6. The minimum absolute atomic E-state index is 0.0374. The van der Waals surface area contributed by atoms with Crippen molar-refractivity contribution in [1.82, 2.24) is 10.2 Å². The first kappa shape index (κ1) is 28.0. The molecule has 0 saturated heterocycles. The van der Waals surface area contributed by atoms with Gasteiger partial charge in [-0.2, -0.15) is 0 Å². The lowest BCUT2D eigenvalue weighted by Gasteiger charge is -2.33. The van der Waals surface area contributed by atoms with Gasteiger partial charge in [-0.1, -0.05) is 48.9 Å². The number of carbonyl (C=O) groups is 2. The van der Waals surface area contributed by atoms with Crippen molar-refractivity contribution in [3.8, 4) is 5.75 Å². The van der Waals surface area contributed by atoms with E-state index in [9.17, 15) is 18.0 Å². The predicted molar refractivity (Wildman–Crippen MR) is 144 cm³/mol. The standard InChI is InChI=1S/C27H30ClN3O5S/c1-4-25(27(33)29-2)30(18-20-9-8-10-23(17-20)36-3)26(32)19-31(22-15-13-21(28)14-16-22)37(34,35)24-11-6-5-7-12-24/h5-17,25H,4,18-19H2,1-3H3,(H,29,33)/t25-/m1/s1. The number of ether oxygens (including phenoxy) is 1. The van der Waals surface area contributed by atoms with Crippen LogP contribution in [0, 0.1) is 0 Å². The summed E-state index contributed by atoms with van der Waals surface area (Å²) in [6, 6.07) is 20.4. The van der Waals surface area contributed by atoms with E-state index >= 15 is 0 Å². The maximum atomic E-state index is 13.8. The largest absolute Gasteiger partial charge is 0.497 e. The first-order chi connectivity index (χ1) is 17.7. The molecular formula is C27H30ClN3O5S. The molecule has 0 aliphatic carbocycles. The third-order valence-corrected chi connectivity index (χ3v) is 7.88. The van der Waals surface area contributed by atoms with Gasteiger partial charge >= 0.3 is 0 Å². The smallest absolute Gasteiger partial charge is 0.264 e. The van der Waals surface area contributed by atoms with Gasteiger partial charge in [-0.25, -0.2) is 8.42 Å². The predicted octanol–water partition coefficient (Wildman–Crippen LogP) is 4.10. The monoisotopic (exact) mass is 543 g/mol. The molecule has 0 radical (unpaired) electrons. The number of halogens is 1. The van der Waals surface area contributed by atoms with Crippen LogP contribution in [0.2, 0.25) is 5.02 Å². The van der Waals surface area contributed by atoms with E-state index in [2.05, 4.69) is 5.32 Å². The van der Waals surface area contributed by atoms with Gasteiger partial charge in [-0.05, 0) is 60.5 Å². The normalized spacial score (nSPS) is 11.9. The molecule has 37 heavy (non-hydrogen) atoms. The van der Waals surface area contributed by atoms with Crippen molar-refractivity contribution in [2.45, 2.75) is 30.8 Å². The number of sulfonamides is 1. The maximum Gasteiger partial charge on any atom is 0.264 e. The van der Waals surface area contributed by atoms with Crippen LogP contribution in [0.3, 0.4) is 0 Å². The van der Waals surface area contributed by atoms with Crippen molar-refractivity contribution >= 4 is 39.1 Å². The van der Waals surface area contributed by atoms with Gasteiger partial charge in [0.05, 0.1) is 17.7 Å². The topological polar surface area (TPSA) is 96.0 Å². The van der Waals surface area contributed by atoms with Gasteiger partial charge in [-0.3, -0.25) is 13.9 Å². The van der Waals surface area contributed by atoms with E-state index < -0.39 is 28.5 Å². The van der Waals surface area contributed by atoms with Crippen molar-refractivity contribution < 1.29 is 22.7 Å². The maximum absolute atomic E-state index is 13.8. The molecule has 3 aromatic rings. The molecule has 0 aliphatic heterocycles. The number of benzene rings is 3. The summed E-state index contributed by atoms with van der Waals surface area (Å²) in [5.41, 5.74) is 1.01. The highest BCUT2D eigenvalue weighted by atomic mass is 35.5. The van der Waals surface area contributed by atoms with E-state index in [1.54, 1.807) is 74.7 Å². The van der Waals surface area contributed by atoms with Crippen LogP contribution in [0.4, 0.5) is 5.69 Å². The summed E-state index contributed by atoms with van der Waals surface area (Å²) >= 11 is 6.03. The van der Waals surface area contributed by atoms with Crippen molar-refractivity contribution in [3.63, 3.8) is 0 Å². The highest BCUT2D eigenvalue weighted by Crippen LogP contribution is 2.26. The van der Waals surface area contributed by atoms with Crippen LogP contribution in [-0.2, 0) is 26.2 Å². The molecule has 196 valence electrons. The fourth-order valence-electron chi connectivity index (χ4n) is 3.91. The second-order valence-corrected chi connectivity index (χ2v) is 10.5. The van der Waals surface area contributed by atoms with E-state index in [1.807, 2.05) is 6.07 Å². The Kier molecular flexibility index (Phi) is 9.54. The van der Waals surface area contributed by atoms with Crippen LogP contribution in [0.15, 0.2) is 83.8 Å². The quantitative estimate of drug-likeness (QED) is 0.393. The molecule has 0 bridgehead atoms. The molecule has 10 heteroatoms. The minimum Gasteiger partial charge on any atom is -0.497 e. The Labute approximate surface area is 222 Å². The molecule has 2 amide bonds. The van der Waals surface area contributed by atoms with Crippen LogP contribution < -0.4 is 14.4 Å². The lowest BCUT2D eigenvalue weighted by molar-refractivity contribution is -0.140. The lowest BCUT2D eigenvalue weighted by atomic mass is 10.1. The van der Waals surface area contributed by atoms with Crippen LogP contribution in [0.25, 0.3) is 0 Å². The summed E-state index contributed by atoms with van der Waals surface area (Å²) in [4.78, 5) is 28.0. The number of anilines is 1. The van der Waals surface area contributed by atoms with Gasteiger partial charge in [0, 0.05) is 18.6 Å². The third kappa shape index (κ3) is 6.81. The first-order valence-corrected chi connectivity index (χ1v) is 13.5. The number of amides is 2. The van der Waals surface area contributed by atoms with Crippen molar-refractivity contribution in [1.29, 1.82) is 0 Å². The molecule has 0 aromatic heterocycles. The average Bonchev–Trinajstić information content (AvgIpc) is 2.92. The minimum atomic E-state index is -4.12. The van der Waals surface area contributed by atoms with E-state index in [0.29, 0.717) is 17.2 Å². The number of carbonyl (C=O) groups excluding carboxylic acids is 2. The zero-order valence-corrected chi connectivity index (χ0v) is 22.5. The van der Waals surface area contributed by atoms with E-state index in [4.69, 9.17) is 16.3 Å². The Morgan fingerprint density at radius 2 is 1.68 bits per heavy atom. The Morgan fingerprint density at radius 3 is 2.27 bits per heavy atom. The van der Waals surface area contributed by atoms with E-state index in [0.717, 1.165) is 9.87 Å². The van der Waals surface area contributed by atoms with Crippen molar-refractivity contribution in [2.75, 3.05) is 25.0 Å². The summed E-state index contributed by atoms with van der Waals surface area (Å²) in [5.74, 6) is -0.275. The molecule has 0 fully saturated rings.